The summed E-state index contributed by atoms with van der Waals surface area (Å²) in [5, 5.41) is 11.5. The van der Waals surface area contributed by atoms with Crippen molar-refractivity contribution in [2.45, 2.75) is 26.3 Å². The van der Waals surface area contributed by atoms with E-state index in [4.69, 9.17) is 21.1 Å². The minimum atomic E-state index is -0.735. The van der Waals surface area contributed by atoms with Crippen molar-refractivity contribution in [1.29, 1.82) is 0 Å². The predicted molar refractivity (Wildman–Crippen MR) is 119 cm³/mol. The first-order valence-corrected chi connectivity index (χ1v) is 10.5. The summed E-state index contributed by atoms with van der Waals surface area (Å²) in [4.78, 5) is 27.5. The number of carbonyl (C=O) groups excluding carboxylic acids is 2. The van der Waals surface area contributed by atoms with Crippen LogP contribution in [0.3, 0.4) is 0 Å². The summed E-state index contributed by atoms with van der Waals surface area (Å²) >= 11 is 6.34. The molecule has 164 valence electrons. The topological polar surface area (TPSA) is 76.1 Å². The predicted octanol–water partition coefficient (Wildman–Crippen LogP) is 4.51. The molecule has 0 saturated carbocycles. The first-order valence-electron chi connectivity index (χ1n) is 10.2. The minimum absolute atomic E-state index is 0.0206. The molecule has 1 N–H and O–H groups in total. The number of amides is 1. The van der Waals surface area contributed by atoms with E-state index in [1.165, 1.54) is 4.90 Å². The number of methoxy groups -OCH3 is 1. The highest BCUT2D eigenvalue weighted by Gasteiger charge is 2.46. The van der Waals surface area contributed by atoms with Crippen LogP contribution in [-0.2, 0) is 14.3 Å². The van der Waals surface area contributed by atoms with Gasteiger partial charge in [0.15, 0.2) is 0 Å². The monoisotopic (exact) mass is 443 g/mol. The van der Waals surface area contributed by atoms with E-state index < -0.39 is 17.7 Å². The third kappa shape index (κ3) is 4.60. The molecule has 2 aromatic rings. The first kappa shape index (κ1) is 22.8. The summed E-state index contributed by atoms with van der Waals surface area (Å²) < 4.78 is 10.6. The lowest BCUT2D eigenvalue weighted by Crippen LogP contribution is -2.31. The van der Waals surface area contributed by atoms with Gasteiger partial charge in [-0.25, -0.2) is 0 Å². The van der Waals surface area contributed by atoms with Crippen LogP contribution in [0.4, 0.5) is 0 Å². The molecule has 7 heteroatoms. The van der Waals surface area contributed by atoms with E-state index in [9.17, 15) is 14.7 Å². The molecule has 0 spiro atoms. The van der Waals surface area contributed by atoms with Gasteiger partial charge in [-0.15, -0.1) is 0 Å². The molecule has 0 bridgehead atoms. The summed E-state index contributed by atoms with van der Waals surface area (Å²) in [5.41, 5.74) is 1.96. The van der Waals surface area contributed by atoms with Gasteiger partial charge in [0.25, 0.3) is 11.7 Å². The van der Waals surface area contributed by atoms with E-state index in [2.05, 4.69) is 0 Å². The maximum Gasteiger partial charge on any atom is 0.295 e. The minimum Gasteiger partial charge on any atom is -0.507 e. The fraction of sp³-hybridized carbons (Fsp3) is 0.333. The maximum absolute atomic E-state index is 13.1. The lowest BCUT2D eigenvalue weighted by molar-refractivity contribution is -0.140. The number of benzene rings is 2. The number of ketones is 1. The van der Waals surface area contributed by atoms with Crippen LogP contribution >= 0.6 is 11.6 Å². The van der Waals surface area contributed by atoms with Crippen LogP contribution in [0, 0.1) is 6.92 Å². The highest BCUT2D eigenvalue weighted by atomic mass is 35.5. The molecule has 6 nitrogen and oxygen atoms in total. The van der Waals surface area contributed by atoms with E-state index >= 15 is 0 Å². The normalized spacial score (nSPS) is 17.9. The van der Waals surface area contributed by atoms with E-state index in [1.807, 2.05) is 38.1 Å². The number of aryl methyl sites for hydroxylation is 1. The summed E-state index contributed by atoms with van der Waals surface area (Å²) in [5.74, 6) is -1.19. The van der Waals surface area contributed by atoms with Gasteiger partial charge in [-0.3, -0.25) is 9.59 Å². The van der Waals surface area contributed by atoms with Crippen LogP contribution in [-0.4, -0.2) is 48.6 Å². The van der Waals surface area contributed by atoms with Gasteiger partial charge in [-0.05, 0) is 49.6 Å². The van der Waals surface area contributed by atoms with Crippen LogP contribution in [0.1, 0.15) is 36.1 Å². The van der Waals surface area contributed by atoms with Crippen molar-refractivity contribution in [1.82, 2.24) is 4.90 Å². The molecule has 1 fully saturated rings. The number of nitrogens with zero attached hydrogens (tertiary/aromatic N) is 1. The van der Waals surface area contributed by atoms with Gasteiger partial charge in [0.1, 0.15) is 11.5 Å². The standard InChI is InChI=1S/C24H26ClNO5/c1-4-31-16-10-11-19(25)18(14-16)22(27)20-21(17-9-6-5-8-15(17)2)26(12-7-13-30-3)24(29)23(20)28/h5-6,8-11,14,21,27H,4,7,12-13H2,1-3H3/b22-20+. The zero-order chi connectivity index (χ0) is 22.5. The van der Waals surface area contributed by atoms with Crippen LogP contribution < -0.4 is 4.74 Å². The Bertz CT molecular complexity index is 1020. The molecule has 2 aromatic carbocycles. The largest absolute Gasteiger partial charge is 0.507 e. The van der Waals surface area contributed by atoms with Crippen molar-refractivity contribution in [3.05, 3.63) is 69.8 Å². The van der Waals surface area contributed by atoms with Gasteiger partial charge in [0, 0.05) is 25.8 Å². The Hall–Kier alpha value is -2.83. The second-order valence-electron chi connectivity index (χ2n) is 7.27. The summed E-state index contributed by atoms with van der Waals surface area (Å²) in [6, 6.07) is 11.6. The molecule has 0 aliphatic carbocycles. The fourth-order valence-corrected chi connectivity index (χ4v) is 4.00. The number of rotatable bonds is 8. The average molecular weight is 444 g/mol. The van der Waals surface area contributed by atoms with E-state index in [1.54, 1.807) is 25.3 Å². The number of hydrogen-bond donors (Lipinski definition) is 1. The van der Waals surface area contributed by atoms with Crippen molar-refractivity contribution in [2.75, 3.05) is 26.9 Å². The molecule has 1 atom stereocenters. The SMILES string of the molecule is CCOc1ccc(Cl)c(/C(O)=C2\C(=O)C(=O)N(CCCOC)C2c2ccccc2C)c1. The number of aliphatic hydroxyl groups excluding tert-OH is 1. The molecule has 1 amide bonds. The highest BCUT2D eigenvalue weighted by Crippen LogP contribution is 2.42. The van der Waals surface area contributed by atoms with Crippen LogP contribution in [0.5, 0.6) is 5.75 Å². The molecule has 1 aliphatic heterocycles. The zero-order valence-corrected chi connectivity index (χ0v) is 18.6. The lowest BCUT2D eigenvalue weighted by atomic mass is 9.92. The van der Waals surface area contributed by atoms with Crippen molar-refractivity contribution < 1.29 is 24.2 Å². The Labute approximate surface area is 187 Å². The molecular formula is C24H26ClNO5. The van der Waals surface area contributed by atoms with Gasteiger partial charge in [-0.1, -0.05) is 35.9 Å². The Morgan fingerprint density at radius 2 is 1.94 bits per heavy atom. The van der Waals surface area contributed by atoms with Crippen molar-refractivity contribution >= 4 is 29.1 Å². The number of carbonyl (C=O) groups is 2. The summed E-state index contributed by atoms with van der Waals surface area (Å²) in [6.45, 7) is 4.97. The Kier molecular flexibility index (Phi) is 7.36. The van der Waals surface area contributed by atoms with Crippen LogP contribution in [0.25, 0.3) is 5.76 Å². The highest BCUT2D eigenvalue weighted by molar-refractivity contribution is 6.47. The Morgan fingerprint density at radius 3 is 2.61 bits per heavy atom. The molecular weight excluding hydrogens is 418 g/mol. The van der Waals surface area contributed by atoms with Gasteiger partial charge >= 0.3 is 0 Å². The van der Waals surface area contributed by atoms with Crippen molar-refractivity contribution in [3.8, 4) is 5.75 Å². The molecule has 1 unspecified atom stereocenters. The summed E-state index contributed by atoms with van der Waals surface area (Å²) in [7, 11) is 1.58. The molecule has 1 heterocycles. The van der Waals surface area contributed by atoms with Crippen molar-refractivity contribution in [2.24, 2.45) is 0 Å². The van der Waals surface area contributed by atoms with Crippen LogP contribution in [0.2, 0.25) is 5.02 Å². The number of Topliss-reactive ketones (excluding diaryl/α,β-unsaturated/α-hetero) is 1. The average Bonchev–Trinajstić information content (AvgIpc) is 3.00. The van der Waals surface area contributed by atoms with Gasteiger partial charge < -0.3 is 19.5 Å². The number of ether oxygens (including phenoxy) is 2. The Morgan fingerprint density at radius 1 is 1.19 bits per heavy atom. The quantitative estimate of drug-likeness (QED) is 0.281. The van der Waals surface area contributed by atoms with E-state index in [-0.39, 0.29) is 21.9 Å². The molecule has 0 radical (unpaired) electrons. The first-order chi connectivity index (χ1) is 14.9. The zero-order valence-electron chi connectivity index (χ0n) is 17.9. The lowest BCUT2D eigenvalue weighted by Gasteiger charge is -2.26. The van der Waals surface area contributed by atoms with Gasteiger partial charge in [-0.2, -0.15) is 0 Å². The van der Waals surface area contributed by atoms with E-state index in [0.29, 0.717) is 31.9 Å². The van der Waals surface area contributed by atoms with E-state index in [0.717, 1.165) is 11.1 Å². The molecule has 1 aliphatic rings. The molecule has 1 saturated heterocycles. The number of halogens is 1. The third-order valence-electron chi connectivity index (χ3n) is 5.27. The van der Waals surface area contributed by atoms with Crippen LogP contribution in [0.15, 0.2) is 48.0 Å². The second kappa shape index (κ2) is 9.98. The molecule has 3 rings (SSSR count). The third-order valence-corrected chi connectivity index (χ3v) is 5.60. The van der Waals surface area contributed by atoms with Crippen molar-refractivity contribution in [3.63, 3.8) is 0 Å². The fourth-order valence-electron chi connectivity index (χ4n) is 3.79. The number of aliphatic hydroxyl groups is 1. The van der Waals surface area contributed by atoms with Gasteiger partial charge in [0.2, 0.25) is 0 Å². The Balaban J connectivity index is 2.18. The second-order valence-corrected chi connectivity index (χ2v) is 7.68. The smallest absolute Gasteiger partial charge is 0.295 e. The molecule has 0 aromatic heterocycles. The molecule has 31 heavy (non-hydrogen) atoms. The van der Waals surface area contributed by atoms with Gasteiger partial charge in [0.05, 0.1) is 23.2 Å². The number of hydrogen-bond acceptors (Lipinski definition) is 5. The maximum atomic E-state index is 13.1. The summed E-state index contributed by atoms with van der Waals surface area (Å²) in [6.07, 6.45) is 0.562. The number of likely N-dealkylation sites (tertiary alicyclic amines) is 1.